The maximum absolute atomic E-state index is 2.39. The summed E-state index contributed by atoms with van der Waals surface area (Å²) in [5.41, 5.74) is 0. The van der Waals surface area contributed by atoms with E-state index < -0.39 is 0 Å². The Morgan fingerprint density at radius 1 is 0.444 bits per heavy atom. The summed E-state index contributed by atoms with van der Waals surface area (Å²) >= 11 is -0.363. The third-order valence-electron chi connectivity index (χ3n) is 2.50. The monoisotopic (exact) mass is 642 g/mol. The fraction of sp³-hybridized carbons (Fsp3) is 1.00. The van der Waals surface area contributed by atoms with Crippen molar-refractivity contribution in [1.29, 1.82) is 0 Å². The van der Waals surface area contributed by atoms with Crippen LogP contribution in [0.2, 0.25) is 53.0 Å². The van der Waals surface area contributed by atoms with Crippen LogP contribution in [-0.2, 0) is 0 Å². The van der Waals surface area contributed by atoms with E-state index >= 15 is 0 Å². The van der Waals surface area contributed by atoms with Crippen molar-refractivity contribution in [2.24, 2.45) is 0 Å². The summed E-state index contributed by atoms with van der Waals surface area (Å²) in [4.78, 5) is 0. The summed E-state index contributed by atoms with van der Waals surface area (Å²) in [6, 6.07) is 0. The van der Waals surface area contributed by atoms with Crippen LogP contribution in [0.25, 0.3) is 0 Å². The second-order valence-corrected chi connectivity index (χ2v) is 41.3. The van der Waals surface area contributed by atoms with Gasteiger partial charge in [-0.05, 0) is 0 Å². The van der Waals surface area contributed by atoms with Crippen LogP contribution in [0.3, 0.4) is 0 Å². The van der Waals surface area contributed by atoms with Gasteiger partial charge < -0.3 is 0 Å². The van der Waals surface area contributed by atoms with Gasteiger partial charge >= 0.3 is 139 Å². The molecule has 27 heavy (non-hydrogen) atoms. The van der Waals surface area contributed by atoms with Crippen molar-refractivity contribution >= 4 is 68.4 Å². The molecule has 8 radical (unpaired) electrons. The Bertz CT molecular complexity index is 258. The molecule has 0 unspecified atom stereocenters. The molecule has 0 spiro atoms. The quantitative estimate of drug-likeness (QED) is 0.252. The van der Waals surface area contributed by atoms with Gasteiger partial charge in [-0.25, -0.2) is 0 Å². The van der Waals surface area contributed by atoms with E-state index in [-0.39, 0.29) is 58.9 Å². The van der Waals surface area contributed by atoms with E-state index in [2.05, 4.69) is 122 Å². The van der Waals surface area contributed by atoms with Gasteiger partial charge in [0, 0.05) is 26.1 Å². The van der Waals surface area contributed by atoms with Crippen molar-refractivity contribution < 1.29 is 0 Å². The standard InChI is InChI=1S/C4H12Si2.4C4H9.C2H6Si.2Sn/c1-5(2)6(3)4;4*1-4(2)3;1-3-2;;/h1-4H3;4*1-3H3;1-2H3;;. The van der Waals surface area contributed by atoms with Crippen LogP contribution in [0.1, 0.15) is 83.1 Å². The predicted octanol–water partition coefficient (Wildman–Crippen LogP) is 8.62. The van der Waals surface area contributed by atoms with Gasteiger partial charge in [-0.3, -0.25) is 0 Å². The molecule has 0 aromatic rings. The van der Waals surface area contributed by atoms with Crippen LogP contribution >= 0.6 is 0 Å². The fourth-order valence-electron chi connectivity index (χ4n) is 2.25. The van der Waals surface area contributed by atoms with Gasteiger partial charge in [0.1, 0.15) is 0 Å². The Hall–Kier alpha value is 2.25. The third kappa shape index (κ3) is 58.4. The van der Waals surface area contributed by atoms with E-state index in [1.165, 1.54) is 0 Å². The average molecular weight is 640 g/mol. The van der Waals surface area contributed by atoms with Crippen molar-refractivity contribution in [2.75, 3.05) is 0 Å². The molecular formula is C22H54Si3Sn2. The van der Waals surface area contributed by atoms with Crippen molar-refractivity contribution in [3.05, 3.63) is 0 Å². The zero-order valence-electron chi connectivity index (χ0n) is 22.5. The van der Waals surface area contributed by atoms with Crippen LogP contribution < -0.4 is 0 Å². The summed E-state index contributed by atoms with van der Waals surface area (Å²) in [6.07, 6.45) is 0. The molecule has 5 heteroatoms. The average Bonchev–Trinajstić information content (AvgIpc) is 2.20. The fourth-order valence-corrected chi connectivity index (χ4v) is 15.1. The first kappa shape index (κ1) is 36.6. The molecule has 0 N–H and O–H groups in total. The van der Waals surface area contributed by atoms with Gasteiger partial charge in [-0.15, -0.1) is 0 Å². The zero-order valence-corrected chi connectivity index (χ0v) is 31.2. The second-order valence-electron chi connectivity index (χ2n) is 11.8. The minimum Gasteiger partial charge on any atom is -0.0735 e. The van der Waals surface area contributed by atoms with E-state index in [4.69, 9.17) is 0 Å². The Morgan fingerprint density at radius 3 is 0.556 bits per heavy atom. The van der Waals surface area contributed by atoms with Gasteiger partial charge in [-0.2, -0.15) is 0 Å². The molecular weight excluding hydrogens is 586 g/mol. The topological polar surface area (TPSA) is 0 Å². The summed E-state index contributed by atoms with van der Waals surface area (Å²) in [7, 11) is 1.38. The molecule has 0 aliphatic heterocycles. The summed E-state index contributed by atoms with van der Waals surface area (Å²) in [5, 5.41) is 0. The molecule has 162 valence electrons. The van der Waals surface area contributed by atoms with Gasteiger partial charge in [-0.1, -0.05) is 39.3 Å². The first-order chi connectivity index (χ1) is 11.5. The van der Waals surface area contributed by atoms with Crippen molar-refractivity contribution in [2.45, 2.75) is 136 Å². The number of rotatable bonds is 1. The Morgan fingerprint density at radius 2 is 0.556 bits per heavy atom. The molecule has 0 saturated heterocycles. The normalized spacial score (nSPS) is 12.4. The van der Waals surface area contributed by atoms with Crippen LogP contribution in [-0.4, -0.2) is 68.4 Å². The molecule has 0 aliphatic carbocycles. The van der Waals surface area contributed by atoms with Crippen LogP contribution in [0.4, 0.5) is 0 Å². The van der Waals surface area contributed by atoms with Gasteiger partial charge in [0.15, 0.2) is 0 Å². The summed E-state index contributed by atoms with van der Waals surface area (Å²) in [6.45, 7) is 42.2. The Kier molecular flexibility index (Phi) is 22.9. The van der Waals surface area contributed by atoms with E-state index in [0.29, 0.717) is 13.7 Å². The minimum absolute atomic E-state index is 0.150. The molecule has 0 nitrogen and oxygen atoms in total. The maximum atomic E-state index is 2.39. The van der Waals surface area contributed by atoms with Crippen molar-refractivity contribution in [3.8, 4) is 0 Å². The van der Waals surface area contributed by atoms with Gasteiger partial charge in [0.05, 0.1) is 0 Å². The smallest absolute Gasteiger partial charge is 0.0307 e. The molecule has 0 amide bonds. The summed E-state index contributed by atoms with van der Waals surface area (Å²) in [5.74, 6) is 0. The molecule has 0 saturated carbocycles. The molecule has 0 heterocycles. The van der Waals surface area contributed by atoms with E-state index in [1.54, 1.807) is 0 Å². The Balaban J connectivity index is -0.000000139. The van der Waals surface area contributed by atoms with Crippen molar-refractivity contribution in [1.82, 2.24) is 0 Å². The van der Waals surface area contributed by atoms with Crippen LogP contribution in [0.15, 0.2) is 0 Å². The zero-order chi connectivity index (χ0) is 23.3. The van der Waals surface area contributed by atoms with E-state index in [0.717, 1.165) is 9.52 Å². The van der Waals surface area contributed by atoms with Gasteiger partial charge in [0.2, 0.25) is 0 Å². The Labute approximate surface area is 202 Å². The largest absolute Gasteiger partial charge is 0.0735 e. The summed E-state index contributed by atoms with van der Waals surface area (Å²) < 4.78 is 2.62. The molecule has 0 atom stereocenters. The molecule has 0 bridgehead atoms. The number of hydrogen-bond donors (Lipinski definition) is 0. The minimum atomic E-state index is -0.182. The van der Waals surface area contributed by atoms with Crippen LogP contribution in [0.5, 0.6) is 0 Å². The molecule has 0 aromatic carbocycles. The third-order valence-corrected chi connectivity index (χ3v) is 19.1. The second kappa shape index (κ2) is 16.9. The molecule has 0 aromatic heterocycles. The van der Waals surface area contributed by atoms with Crippen molar-refractivity contribution in [3.63, 3.8) is 0 Å². The SMILES string of the molecule is C[C](C)(C)[Sn][C](C)(C)C.C[C](C)(C)[Sn][C](C)(C)C.C[Si](C)[Si](C)C.C[Si]C. The predicted molar refractivity (Wildman–Crippen MR) is 143 cm³/mol. The number of hydrogen-bond acceptors (Lipinski definition) is 0. The molecule has 0 rings (SSSR count). The van der Waals surface area contributed by atoms with E-state index in [1.807, 2.05) is 0 Å². The van der Waals surface area contributed by atoms with E-state index in [9.17, 15) is 0 Å². The van der Waals surface area contributed by atoms with Gasteiger partial charge in [0.25, 0.3) is 0 Å². The first-order valence-electron chi connectivity index (χ1n) is 10.2. The molecule has 0 aliphatic rings. The maximum Gasteiger partial charge on any atom is 0.0307 e. The van der Waals surface area contributed by atoms with Crippen LogP contribution in [0, 0.1) is 0 Å². The molecule has 0 fully saturated rings. The first-order valence-corrected chi connectivity index (χ1v) is 24.0.